The van der Waals surface area contributed by atoms with Crippen LogP contribution in [0.25, 0.3) is 11.1 Å². The third-order valence-corrected chi connectivity index (χ3v) is 7.12. The number of hydrogen-bond acceptors (Lipinski definition) is 6. The number of aromatic nitrogens is 1. The van der Waals surface area contributed by atoms with Gasteiger partial charge in [-0.2, -0.15) is 0 Å². The van der Waals surface area contributed by atoms with E-state index in [0.29, 0.717) is 47.3 Å². The number of nitrogens with zero attached hydrogens (tertiary/aromatic N) is 2. The Kier molecular flexibility index (Phi) is 6.19. The smallest absolute Gasteiger partial charge is 0.251 e. The maximum Gasteiger partial charge on any atom is 0.251 e. The van der Waals surface area contributed by atoms with Gasteiger partial charge in [-0.25, -0.2) is 0 Å². The van der Waals surface area contributed by atoms with E-state index in [1.807, 2.05) is 37.3 Å². The number of ketones is 1. The molecule has 1 aromatic heterocycles. The van der Waals surface area contributed by atoms with Crippen LogP contribution in [0.3, 0.4) is 0 Å². The van der Waals surface area contributed by atoms with E-state index in [2.05, 4.69) is 29.2 Å². The third-order valence-electron chi connectivity index (χ3n) is 7.12. The predicted molar refractivity (Wildman–Crippen MR) is 133 cm³/mol. The number of amides is 1. The summed E-state index contributed by atoms with van der Waals surface area (Å²) in [5.41, 5.74) is 3.37. The Morgan fingerprint density at radius 1 is 1.09 bits per heavy atom. The van der Waals surface area contributed by atoms with Gasteiger partial charge in [0.25, 0.3) is 5.91 Å². The zero-order valence-electron chi connectivity index (χ0n) is 20.5. The van der Waals surface area contributed by atoms with Crippen molar-refractivity contribution in [1.82, 2.24) is 15.4 Å². The van der Waals surface area contributed by atoms with Gasteiger partial charge in [-0.1, -0.05) is 23.4 Å². The molecule has 1 fully saturated rings. The summed E-state index contributed by atoms with van der Waals surface area (Å²) in [4.78, 5) is 28.1. The van der Waals surface area contributed by atoms with Crippen LogP contribution in [0.4, 0.5) is 0 Å². The van der Waals surface area contributed by atoms with Gasteiger partial charge in [0.1, 0.15) is 22.8 Å². The average Bonchev–Trinajstić information content (AvgIpc) is 3.28. The number of ether oxygens (including phenoxy) is 1. The third kappa shape index (κ3) is 4.86. The van der Waals surface area contributed by atoms with Crippen LogP contribution in [-0.4, -0.2) is 46.5 Å². The number of aryl methyl sites for hydroxylation is 1. The molecule has 0 bridgehead atoms. The van der Waals surface area contributed by atoms with Crippen molar-refractivity contribution < 1.29 is 18.8 Å². The summed E-state index contributed by atoms with van der Waals surface area (Å²) in [6.45, 7) is 8.45. The lowest BCUT2D eigenvalue weighted by Gasteiger charge is -2.45. The zero-order chi connectivity index (χ0) is 24.6. The topological polar surface area (TPSA) is 84.7 Å². The predicted octanol–water partition coefficient (Wildman–Crippen LogP) is 4.79. The van der Waals surface area contributed by atoms with Gasteiger partial charge >= 0.3 is 0 Å². The fourth-order valence-corrected chi connectivity index (χ4v) is 4.99. The van der Waals surface area contributed by atoms with E-state index in [4.69, 9.17) is 9.26 Å². The number of carbonyl (C=O) groups is 2. The first-order valence-electron chi connectivity index (χ1n) is 12.2. The molecular formula is C28H31N3O4. The van der Waals surface area contributed by atoms with Crippen LogP contribution >= 0.6 is 0 Å². The minimum absolute atomic E-state index is 0.144. The summed E-state index contributed by atoms with van der Waals surface area (Å²) in [5, 5.41) is 6.73. The second-order valence-corrected chi connectivity index (χ2v) is 9.91. The molecule has 7 heteroatoms. The summed E-state index contributed by atoms with van der Waals surface area (Å²) in [6, 6.07) is 15.5. The van der Waals surface area contributed by atoms with Crippen molar-refractivity contribution in [1.29, 1.82) is 0 Å². The van der Waals surface area contributed by atoms with Gasteiger partial charge in [0.05, 0.1) is 18.5 Å². The van der Waals surface area contributed by atoms with Crippen molar-refractivity contribution in [3.8, 4) is 16.9 Å². The molecule has 1 N–H and O–H groups in total. The SMILES string of the molecule is Cc1cc(CNC(=O)c2ccc(-c3ccc4c(c3)C(=O)CC3(CCN(C(C)C)CC3)O4)cc2)no1. The zero-order valence-corrected chi connectivity index (χ0v) is 20.5. The molecule has 3 aromatic rings. The first-order chi connectivity index (χ1) is 16.8. The number of fused-ring (bicyclic) bond motifs is 1. The van der Waals surface area contributed by atoms with E-state index in [9.17, 15) is 9.59 Å². The molecule has 1 amide bonds. The highest BCUT2D eigenvalue weighted by Crippen LogP contribution is 2.41. The van der Waals surface area contributed by atoms with Gasteiger partial charge in [0.15, 0.2) is 5.78 Å². The van der Waals surface area contributed by atoms with Gasteiger partial charge < -0.3 is 19.5 Å². The van der Waals surface area contributed by atoms with Crippen molar-refractivity contribution in [3.05, 3.63) is 71.1 Å². The fraction of sp³-hybridized carbons (Fsp3) is 0.393. The second-order valence-electron chi connectivity index (χ2n) is 9.91. The number of benzene rings is 2. The fourth-order valence-electron chi connectivity index (χ4n) is 4.99. The summed E-state index contributed by atoms with van der Waals surface area (Å²) >= 11 is 0. The highest BCUT2D eigenvalue weighted by atomic mass is 16.5. The van der Waals surface area contributed by atoms with Gasteiger partial charge in [0.2, 0.25) is 0 Å². The van der Waals surface area contributed by atoms with Gasteiger partial charge in [-0.3, -0.25) is 9.59 Å². The molecular weight excluding hydrogens is 442 g/mol. The normalized spacial score (nSPS) is 17.3. The highest BCUT2D eigenvalue weighted by Gasteiger charge is 2.43. The Labute approximate surface area is 205 Å². The number of likely N-dealkylation sites (tertiary alicyclic amines) is 1. The Morgan fingerprint density at radius 2 is 1.80 bits per heavy atom. The number of piperidine rings is 1. The largest absolute Gasteiger partial charge is 0.486 e. The lowest BCUT2D eigenvalue weighted by atomic mass is 9.81. The van der Waals surface area contributed by atoms with Crippen molar-refractivity contribution in [2.45, 2.75) is 58.2 Å². The number of nitrogens with one attached hydrogen (secondary N) is 1. The van der Waals surface area contributed by atoms with E-state index in [-0.39, 0.29) is 17.3 Å². The standard InChI is InChI=1S/C28H31N3O4/c1-18(2)31-12-10-28(11-13-31)16-25(32)24-15-22(8-9-26(24)34-28)20-4-6-21(7-5-20)27(33)29-17-23-14-19(3)35-30-23/h4-9,14-15,18H,10-13,16-17H2,1-3H3,(H,29,33). The molecule has 0 unspecified atom stereocenters. The molecule has 3 heterocycles. The van der Waals surface area contributed by atoms with E-state index in [1.165, 1.54) is 0 Å². The molecule has 2 aromatic carbocycles. The van der Waals surface area contributed by atoms with E-state index >= 15 is 0 Å². The average molecular weight is 474 g/mol. The Hall–Kier alpha value is -3.45. The first-order valence-corrected chi connectivity index (χ1v) is 12.2. The molecule has 2 aliphatic rings. The van der Waals surface area contributed by atoms with Crippen molar-refractivity contribution in [2.24, 2.45) is 0 Å². The first kappa shape index (κ1) is 23.3. The monoisotopic (exact) mass is 473 g/mol. The number of rotatable bonds is 5. The summed E-state index contributed by atoms with van der Waals surface area (Å²) in [7, 11) is 0. The van der Waals surface area contributed by atoms with Gasteiger partial charge in [-0.05, 0) is 56.2 Å². The highest BCUT2D eigenvalue weighted by molar-refractivity contribution is 6.01. The summed E-state index contributed by atoms with van der Waals surface area (Å²) in [6.07, 6.45) is 2.18. The van der Waals surface area contributed by atoms with Crippen LogP contribution < -0.4 is 10.1 Å². The molecule has 0 aliphatic carbocycles. The van der Waals surface area contributed by atoms with E-state index in [0.717, 1.165) is 37.1 Å². The molecule has 7 nitrogen and oxygen atoms in total. The summed E-state index contributed by atoms with van der Waals surface area (Å²) < 4.78 is 11.5. The summed E-state index contributed by atoms with van der Waals surface area (Å²) in [5.74, 6) is 1.35. The van der Waals surface area contributed by atoms with Crippen LogP contribution in [0.5, 0.6) is 5.75 Å². The molecule has 0 radical (unpaired) electrons. The molecule has 5 rings (SSSR count). The molecule has 0 atom stereocenters. The molecule has 35 heavy (non-hydrogen) atoms. The molecule has 1 spiro atoms. The quantitative estimate of drug-likeness (QED) is 0.574. The van der Waals surface area contributed by atoms with Crippen LogP contribution in [0, 0.1) is 6.92 Å². The lowest BCUT2D eigenvalue weighted by molar-refractivity contribution is -0.0153. The minimum atomic E-state index is -0.378. The second kappa shape index (κ2) is 9.30. The van der Waals surface area contributed by atoms with Crippen molar-refractivity contribution in [3.63, 3.8) is 0 Å². The lowest BCUT2D eigenvalue weighted by Crippen LogP contribution is -2.52. The van der Waals surface area contributed by atoms with Crippen molar-refractivity contribution in [2.75, 3.05) is 13.1 Å². The minimum Gasteiger partial charge on any atom is -0.486 e. The number of hydrogen-bond donors (Lipinski definition) is 1. The van der Waals surface area contributed by atoms with Crippen LogP contribution in [0.15, 0.2) is 53.1 Å². The molecule has 2 aliphatic heterocycles. The molecule has 182 valence electrons. The van der Waals surface area contributed by atoms with Crippen molar-refractivity contribution >= 4 is 11.7 Å². The van der Waals surface area contributed by atoms with Gasteiger partial charge in [0, 0.05) is 43.6 Å². The number of carbonyl (C=O) groups excluding carboxylic acids is 2. The Morgan fingerprint density at radius 3 is 2.46 bits per heavy atom. The molecule has 1 saturated heterocycles. The Bertz CT molecular complexity index is 1240. The maximum absolute atomic E-state index is 13.1. The van der Waals surface area contributed by atoms with E-state index in [1.54, 1.807) is 18.2 Å². The van der Waals surface area contributed by atoms with E-state index < -0.39 is 0 Å². The van der Waals surface area contributed by atoms with Gasteiger partial charge in [-0.15, -0.1) is 0 Å². The number of Topliss-reactive ketones (excluding diaryl/α,β-unsaturated/α-hetero) is 1. The van der Waals surface area contributed by atoms with Crippen LogP contribution in [-0.2, 0) is 6.54 Å². The molecule has 0 saturated carbocycles. The van der Waals surface area contributed by atoms with Crippen LogP contribution in [0.1, 0.15) is 65.3 Å². The van der Waals surface area contributed by atoms with Crippen LogP contribution in [0.2, 0.25) is 0 Å². The Balaban J connectivity index is 1.27. The maximum atomic E-state index is 13.1.